The number of hydrogen-bond donors (Lipinski definition) is 1. The molecule has 0 saturated heterocycles. The highest BCUT2D eigenvalue weighted by atomic mass is 16.3. The molecule has 0 saturated carbocycles. The normalized spacial score (nSPS) is 10.2. The topological polar surface area (TPSA) is 72.5 Å². The number of amides is 1. The minimum atomic E-state index is -0.599. The van der Waals surface area contributed by atoms with Crippen molar-refractivity contribution in [3.05, 3.63) is 48.3 Å². The van der Waals surface area contributed by atoms with Crippen LogP contribution in [0, 0.1) is 0 Å². The molecule has 0 spiro atoms. The molecule has 0 radical (unpaired) electrons. The highest BCUT2D eigenvalue weighted by molar-refractivity contribution is 6.36. The van der Waals surface area contributed by atoms with Gasteiger partial charge in [0.15, 0.2) is 0 Å². The maximum Gasteiger partial charge on any atom is 0.287 e. The fourth-order valence-corrected chi connectivity index (χ4v) is 1.48. The van der Waals surface area contributed by atoms with E-state index in [0.29, 0.717) is 17.9 Å². The van der Waals surface area contributed by atoms with Gasteiger partial charge in [-0.2, -0.15) is 0 Å². The van der Waals surface area contributed by atoms with Crippen molar-refractivity contribution >= 4 is 11.7 Å². The first-order valence-corrected chi connectivity index (χ1v) is 5.61. The molecule has 0 unspecified atom stereocenters. The van der Waals surface area contributed by atoms with E-state index in [1.165, 1.54) is 12.5 Å². The summed E-state index contributed by atoms with van der Waals surface area (Å²) in [7, 11) is 0. The van der Waals surface area contributed by atoms with E-state index in [4.69, 9.17) is 8.83 Å². The predicted octanol–water partition coefficient (Wildman–Crippen LogP) is 1.69. The molecule has 2 rings (SSSR count). The Bertz CT molecular complexity index is 451. The Labute approximate surface area is 104 Å². The molecule has 1 amide bonds. The quantitative estimate of drug-likeness (QED) is 0.788. The number of carbonyl (C=O) groups excluding carboxylic acids is 2. The minimum absolute atomic E-state index is 0.136. The molecule has 18 heavy (non-hydrogen) atoms. The second-order valence-electron chi connectivity index (χ2n) is 3.76. The van der Waals surface area contributed by atoms with Gasteiger partial charge in [-0.1, -0.05) is 0 Å². The number of ketones is 1. The van der Waals surface area contributed by atoms with Crippen LogP contribution in [0.3, 0.4) is 0 Å². The first-order valence-electron chi connectivity index (χ1n) is 5.61. The fourth-order valence-electron chi connectivity index (χ4n) is 1.48. The van der Waals surface area contributed by atoms with Crippen molar-refractivity contribution in [2.24, 2.45) is 0 Å². The van der Waals surface area contributed by atoms with Gasteiger partial charge < -0.3 is 14.2 Å². The standard InChI is InChI=1S/C13H13NO4/c15-12(6-5-10-3-1-7-17-10)13(16)14-9-11-4-2-8-18-11/h1-4,7-8H,5-6,9H2,(H,14,16). The van der Waals surface area contributed by atoms with Crippen molar-refractivity contribution in [1.82, 2.24) is 5.32 Å². The molecule has 0 aliphatic heterocycles. The maximum atomic E-state index is 11.5. The number of furan rings is 2. The van der Waals surface area contributed by atoms with Crippen molar-refractivity contribution in [2.45, 2.75) is 19.4 Å². The van der Waals surface area contributed by atoms with E-state index in [1.54, 1.807) is 24.3 Å². The lowest BCUT2D eigenvalue weighted by Gasteiger charge is -2.01. The summed E-state index contributed by atoms with van der Waals surface area (Å²) in [5.41, 5.74) is 0. The van der Waals surface area contributed by atoms with Crippen LogP contribution in [0.4, 0.5) is 0 Å². The van der Waals surface area contributed by atoms with Crippen LogP contribution in [0.5, 0.6) is 0 Å². The smallest absolute Gasteiger partial charge is 0.287 e. The number of rotatable bonds is 6. The molecule has 0 aromatic carbocycles. The van der Waals surface area contributed by atoms with E-state index < -0.39 is 11.7 Å². The van der Waals surface area contributed by atoms with Gasteiger partial charge in [0.1, 0.15) is 11.5 Å². The van der Waals surface area contributed by atoms with Gasteiger partial charge in [0.05, 0.1) is 19.1 Å². The largest absolute Gasteiger partial charge is 0.469 e. The Kier molecular flexibility index (Phi) is 3.96. The molecule has 94 valence electrons. The van der Waals surface area contributed by atoms with Crippen LogP contribution in [0.15, 0.2) is 45.6 Å². The zero-order valence-electron chi connectivity index (χ0n) is 9.72. The van der Waals surface area contributed by atoms with Crippen molar-refractivity contribution < 1.29 is 18.4 Å². The third-order valence-electron chi connectivity index (χ3n) is 2.44. The Hall–Kier alpha value is -2.30. The molecule has 2 heterocycles. The van der Waals surface area contributed by atoms with E-state index in [2.05, 4.69) is 5.32 Å². The Morgan fingerprint density at radius 3 is 2.33 bits per heavy atom. The molecule has 2 aromatic rings. The van der Waals surface area contributed by atoms with E-state index in [1.807, 2.05) is 0 Å². The number of aryl methyl sites for hydroxylation is 1. The third-order valence-corrected chi connectivity index (χ3v) is 2.44. The molecule has 0 bridgehead atoms. The highest BCUT2D eigenvalue weighted by Crippen LogP contribution is 2.04. The van der Waals surface area contributed by atoms with Gasteiger partial charge in [-0.15, -0.1) is 0 Å². The predicted molar refractivity (Wildman–Crippen MR) is 62.6 cm³/mol. The summed E-state index contributed by atoms with van der Waals surface area (Å²) in [5.74, 6) is 0.250. The van der Waals surface area contributed by atoms with Crippen molar-refractivity contribution in [3.8, 4) is 0 Å². The molecule has 5 nitrogen and oxygen atoms in total. The summed E-state index contributed by atoms with van der Waals surface area (Å²) in [4.78, 5) is 23.0. The van der Waals surface area contributed by atoms with Gasteiger partial charge in [-0.3, -0.25) is 9.59 Å². The molecule has 0 aliphatic rings. The van der Waals surface area contributed by atoms with Crippen LogP contribution in [-0.2, 0) is 22.6 Å². The summed E-state index contributed by atoms with van der Waals surface area (Å²) in [5, 5.41) is 2.50. The lowest BCUT2D eigenvalue weighted by atomic mass is 10.2. The summed E-state index contributed by atoms with van der Waals surface area (Å²) >= 11 is 0. The molecule has 1 N–H and O–H groups in total. The first-order chi connectivity index (χ1) is 8.75. The van der Waals surface area contributed by atoms with Gasteiger partial charge in [-0.25, -0.2) is 0 Å². The average Bonchev–Trinajstić information content (AvgIpc) is 3.05. The van der Waals surface area contributed by atoms with Crippen LogP contribution in [-0.4, -0.2) is 11.7 Å². The molecule has 0 aliphatic carbocycles. The first kappa shape index (κ1) is 12.2. The van der Waals surface area contributed by atoms with E-state index in [-0.39, 0.29) is 13.0 Å². The second kappa shape index (κ2) is 5.86. The zero-order valence-corrected chi connectivity index (χ0v) is 9.72. The Morgan fingerprint density at radius 2 is 1.72 bits per heavy atom. The van der Waals surface area contributed by atoms with Crippen LogP contribution in [0.2, 0.25) is 0 Å². The maximum absolute atomic E-state index is 11.5. The van der Waals surface area contributed by atoms with E-state index >= 15 is 0 Å². The molecule has 0 atom stereocenters. The van der Waals surface area contributed by atoms with Gasteiger partial charge >= 0.3 is 0 Å². The second-order valence-corrected chi connectivity index (χ2v) is 3.76. The zero-order chi connectivity index (χ0) is 12.8. The SMILES string of the molecule is O=C(CCc1ccco1)C(=O)NCc1ccco1. The summed E-state index contributed by atoms with van der Waals surface area (Å²) < 4.78 is 10.1. The van der Waals surface area contributed by atoms with Crippen LogP contribution in [0.1, 0.15) is 17.9 Å². The van der Waals surface area contributed by atoms with Crippen molar-refractivity contribution in [1.29, 1.82) is 0 Å². The molecule has 5 heteroatoms. The number of hydrogen-bond acceptors (Lipinski definition) is 4. The lowest BCUT2D eigenvalue weighted by Crippen LogP contribution is -2.30. The van der Waals surface area contributed by atoms with Gasteiger partial charge in [-0.05, 0) is 24.3 Å². The minimum Gasteiger partial charge on any atom is -0.469 e. The van der Waals surface area contributed by atoms with Gasteiger partial charge in [0.25, 0.3) is 5.91 Å². The van der Waals surface area contributed by atoms with Gasteiger partial charge in [0.2, 0.25) is 5.78 Å². The average molecular weight is 247 g/mol. The Morgan fingerprint density at radius 1 is 1.06 bits per heavy atom. The van der Waals surface area contributed by atoms with Crippen molar-refractivity contribution in [3.63, 3.8) is 0 Å². The summed E-state index contributed by atoms with van der Waals surface area (Å²) in [6.07, 6.45) is 3.62. The fraction of sp³-hybridized carbons (Fsp3) is 0.231. The summed E-state index contributed by atoms with van der Waals surface area (Å²) in [6.45, 7) is 0.221. The molecule has 0 fully saturated rings. The third kappa shape index (κ3) is 3.35. The van der Waals surface area contributed by atoms with E-state index in [0.717, 1.165) is 0 Å². The molecular weight excluding hydrogens is 234 g/mol. The summed E-state index contributed by atoms with van der Waals surface area (Å²) in [6, 6.07) is 6.97. The highest BCUT2D eigenvalue weighted by Gasteiger charge is 2.14. The van der Waals surface area contributed by atoms with Gasteiger partial charge in [0, 0.05) is 12.8 Å². The van der Waals surface area contributed by atoms with Crippen LogP contribution < -0.4 is 5.32 Å². The number of nitrogens with one attached hydrogen (secondary N) is 1. The monoisotopic (exact) mass is 247 g/mol. The number of Topliss-reactive ketones (excluding diaryl/α,β-unsaturated/α-hetero) is 1. The Balaban J connectivity index is 1.73. The lowest BCUT2D eigenvalue weighted by molar-refractivity contribution is -0.138. The molecule has 2 aromatic heterocycles. The van der Waals surface area contributed by atoms with Crippen LogP contribution in [0.25, 0.3) is 0 Å². The molecular formula is C13H13NO4. The van der Waals surface area contributed by atoms with Crippen molar-refractivity contribution in [2.75, 3.05) is 0 Å². The van der Waals surface area contributed by atoms with Crippen LogP contribution >= 0.6 is 0 Å². The number of carbonyl (C=O) groups is 2. The van der Waals surface area contributed by atoms with E-state index in [9.17, 15) is 9.59 Å².